The summed E-state index contributed by atoms with van der Waals surface area (Å²) < 4.78 is 18.3. The molecule has 27 heavy (non-hydrogen) atoms. The highest BCUT2D eigenvalue weighted by atomic mass is 19.1. The molecule has 1 aliphatic heterocycles. The van der Waals surface area contributed by atoms with E-state index in [1.165, 1.54) is 40.3 Å². The van der Waals surface area contributed by atoms with Crippen LogP contribution in [-0.4, -0.2) is 45.8 Å². The van der Waals surface area contributed by atoms with Crippen LogP contribution in [0.25, 0.3) is 0 Å². The fourth-order valence-electron chi connectivity index (χ4n) is 3.12. The van der Waals surface area contributed by atoms with Gasteiger partial charge < -0.3 is 19.3 Å². The molecule has 0 saturated carbocycles. The highest BCUT2D eigenvalue weighted by Crippen LogP contribution is 2.23. The number of likely N-dealkylation sites (tertiary alicyclic amines) is 1. The number of hydrogen-bond acceptors (Lipinski definition) is 4. The molecule has 1 N–H and O–H groups in total. The summed E-state index contributed by atoms with van der Waals surface area (Å²) in [5.74, 6) is -2.15. The van der Waals surface area contributed by atoms with Crippen molar-refractivity contribution in [3.05, 3.63) is 59.8 Å². The highest BCUT2D eigenvalue weighted by Gasteiger charge is 2.37. The first kappa shape index (κ1) is 18.6. The molecule has 1 unspecified atom stereocenters. The molecule has 1 fully saturated rings. The van der Waals surface area contributed by atoms with Crippen molar-refractivity contribution in [2.24, 2.45) is 5.92 Å². The number of carbonyl (C=O) groups is 3. The zero-order valence-electron chi connectivity index (χ0n) is 14.5. The van der Waals surface area contributed by atoms with Crippen molar-refractivity contribution < 1.29 is 28.3 Å². The summed E-state index contributed by atoms with van der Waals surface area (Å²) in [6.45, 7) is 0.0256. The molecule has 1 aromatic carbocycles. The lowest BCUT2D eigenvalue weighted by molar-refractivity contribution is -0.146. The van der Waals surface area contributed by atoms with Crippen molar-refractivity contribution >= 4 is 17.8 Å². The second-order valence-electron chi connectivity index (χ2n) is 6.47. The van der Waals surface area contributed by atoms with Gasteiger partial charge in [-0.2, -0.15) is 0 Å². The van der Waals surface area contributed by atoms with Gasteiger partial charge in [-0.05, 0) is 29.8 Å². The molecule has 1 aliphatic rings. The van der Waals surface area contributed by atoms with Crippen molar-refractivity contribution in [1.29, 1.82) is 0 Å². The molecule has 142 valence electrons. The molecule has 0 spiro atoms. The summed E-state index contributed by atoms with van der Waals surface area (Å²) >= 11 is 0. The van der Waals surface area contributed by atoms with Crippen LogP contribution < -0.4 is 0 Å². The van der Waals surface area contributed by atoms with Crippen molar-refractivity contribution in [2.75, 3.05) is 13.1 Å². The first-order valence-corrected chi connectivity index (χ1v) is 8.47. The Bertz CT molecular complexity index is 819. The third-order valence-corrected chi connectivity index (χ3v) is 4.42. The van der Waals surface area contributed by atoms with Crippen LogP contribution in [0.2, 0.25) is 0 Å². The maximum Gasteiger partial charge on any atom is 0.323 e. The van der Waals surface area contributed by atoms with Gasteiger partial charge in [0.15, 0.2) is 0 Å². The number of furan rings is 1. The van der Waals surface area contributed by atoms with Crippen LogP contribution in [0.1, 0.15) is 17.7 Å². The summed E-state index contributed by atoms with van der Waals surface area (Å²) in [6, 6.07) is 8.97. The van der Waals surface area contributed by atoms with E-state index in [1.54, 1.807) is 12.1 Å². The molecule has 2 heterocycles. The number of halogens is 1. The van der Waals surface area contributed by atoms with Crippen molar-refractivity contribution in [1.82, 2.24) is 9.80 Å². The van der Waals surface area contributed by atoms with Crippen molar-refractivity contribution in [3.8, 4) is 0 Å². The summed E-state index contributed by atoms with van der Waals surface area (Å²) in [6.07, 6.45) is 1.54. The molecule has 0 bridgehead atoms. The molecular formula is C19H19FN2O5. The van der Waals surface area contributed by atoms with Gasteiger partial charge in [-0.25, -0.2) is 4.39 Å². The molecule has 0 aliphatic carbocycles. The molecule has 1 saturated heterocycles. The molecular weight excluding hydrogens is 355 g/mol. The third-order valence-electron chi connectivity index (χ3n) is 4.42. The third kappa shape index (κ3) is 4.72. The number of carboxylic acids is 1. The van der Waals surface area contributed by atoms with E-state index in [1.807, 2.05) is 0 Å². The normalized spacial score (nSPS) is 16.6. The predicted molar refractivity (Wildman–Crippen MR) is 91.7 cm³/mol. The zero-order chi connectivity index (χ0) is 19.4. The largest absolute Gasteiger partial charge is 0.480 e. The Morgan fingerprint density at radius 1 is 1.26 bits per heavy atom. The topological polar surface area (TPSA) is 91.1 Å². The average molecular weight is 374 g/mol. The Morgan fingerprint density at radius 2 is 2.00 bits per heavy atom. The van der Waals surface area contributed by atoms with Crippen LogP contribution >= 0.6 is 0 Å². The molecule has 1 aromatic heterocycles. The van der Waals surface area contributed by atoms with Crippen molar-refractivity contribution in [2.45, 2.75) is 19.5 Å². The van der Waals surface area contributed by atoms with Crippen LogP contribution in [0.5, 0.6) is 0 Å². The first-order chi connectivity index (χ1) is 12.9. The fraction of sp³-hybridized carbons (Fsp3) is 0.316. The zero-order valence-corrected chi connectivity index (χ0v) is 14.5. The van der Waals surface area contributed by atoms with E-state index in [-0.39, 0.29) is 32.0 Å². The van der Waals surface area contributed by atoms with Gasteiger partial charge in [0.1, 0.15) is 18.1 Å². The lowest BCUT2D eigenvalue weighted by Crippen LogP contribution is -2.40. The van der Waals surface area contributed by atoms with E-state index in [9.17, 15) is 18.8 Å². The highest BCUT2D eigenvalue weighted by molar-refractivity contribution is 5.90. The second-order valence-corrected chi connectivity index (χ2v) is 6.47. The number of hydrogen-bond donors (Lipinski definition) is 1. The van der Waals surface area contributed by atoms with Crippen LogP contribution in [0.3, 0.4) is 0 Å². The average Bonchev–Trinajstić information content (AvgIpc) is 3.26. The summed E-state index contributed by atoms with van der Waals surface area (Å²) in [5, 5.41) is 9.13. The van der Waals surface area contributed by atoms with E-state index in [4.69, 9.17) is 9.52 Å². The van der Waals surface area contributed by atoms with E-state index in [0.717, 1.165) is 0 Å². The summed E-state index contributed by atoms with van der Waals surface area (Å²) in [4.78, 5) is 38.9. The minimum Gasteiger partial charge on any atom is -0.480 e. The Labute approximate surface area is 155 Å². The molecule has 8 heteroatoms. The maximum absolute atomic E-state index is 13.1. The SMILES string of the molecule is O=C(O)CN(Cc1ccc(F)cc1)C(=O)C1CC(=O)N(Cc2ccco2)C1. The molecule has 1 atom stereocenters. The Balaban J connectivity index is 1.68. The molecule has 2 aromatic rings. The van der Waals surface area contributed by atoms with E-state index in [2.05, 4.69) is 0 Å². The van der Waals surface area contributed by atoms with Gasteiger partial charge in [0, 0.05) is 19.5 Å². The first-order valence-electron chi connectivity index (χ1n) is 8.47. The van der Waals surface area contributed by atoms with Crippen molar-refractivity contribution in [3.63, 3.8) is 0 Å². The summed E-state index contributed by atoms with van der Waals surface area (Å²) in [7, 11) is 0. The number of amides is 2. The minimum absolute atomic E-state index is 0.0269. The number of nitrogens with zero attached hydrogens (tertiary/aromatic N) is 2. The minimum atomic E-state index is -1.15. The Hall–Kier alpha value is -3.16. The van der Waals surface area contributed by atoms with E-state index >= 15 is 0 Å². The van der Waals surface area contributed by atoms with Crippen LogP contribution in [0.4, 0.5) is 4.39 Å². The lowest BCUT2D eigenvalue weighted by atomic mass is 10.1. The van der Waals surface area contributed by atoms with Crippen LogP contribution in [-0.2, 0) is 27.5 Å². The quantitative estimate of drug-likeness (QED) is 0.799. The predicted octanol–water partition coefficient (Wildman–Crippen LogP) is 1.88. The second kappa shape index (κ2) is 8.03. The maximum atomic E-state index is 13.1. The van der Waals surface area contributed by atoms with Gasteiger partial charge >= 0.3 is 5.97 Å². The van der Waals surface area contributed by atoms with Gasteiger partial charge in [-0.1, -0.05) is 12.1 Å². The fourth-order valence-corrected chi connectivity index (χ4v) is 3.12. The van der Waals surface area contributed by atoms with Gasteiger partial charge in [0.2, 0.25) is 11.8 Å². The van der Waals surface area contributed by atoms with Crippen LogP contribution in [0.15, 0.2) is 47.1 Å². The summed E-state index contributed by atoms with van der Waals surface area (Å²) in [5.41, 5.74) is 0.614. The van der Waals surface area contributed by atoms with Gasteiger partial charge in [0.05, 0.1) is 18.7 Å². The van der Waals surface area contributed by atoms with Gasteiger partial charge in [-0.3, -0.25) is 14.4 Å². The molecule has 7 nitrogen and oxygen atoms in total. The molecule has 3 rings (SSSR count). The lowest BCUT2D eigenvalue weighted by Gasteiger charge is -2.24. The van der Waals surface area contributed by atoms with Crippen LogP contribution in [0, 0.1) is 11.7 Å². The molecule has 0 radical (unpaired) electrons. The Morgan fingerprint density at radius 3 is 2.63 bits per heavy atom. The number of rotatable bonds is 7. The van der Waals surface area contributed by atoms with Gasteiger partial charge in [-0.15, -0.1) is 0 Å². The molecule has 2 amide bonds. The Kier molecular flexibility index (Phi) is 5.54. The number of benzene rings is 1. The standard InChI is InChI=1S/C19H19FN2O5/c20-15-5-3-13(4-6-15)9-22(12-18(24)25)19(26)14-8-17(23)21(10-14)11-16-2-1-7-27-16/h1-7,14H,8-12H2,(H,24,25). The van der Waals surface area contributed by atoms with Gasteiger partial charge in [0.25, 0.3) is 0 Å². The number of carbonyl (C=O) groups excluding carboxylic acids is 2. The number of aliphatic carboxylic acids is 1. The monoisotopic (exact) mass is 374 g/mol. The number of carboxylic acid groups (broad SMARTS) is 1. The smallest absolute Gasteiger partial charge is 0.323 e. The van der Waals surface area contributed by atoms with E-state index in [0.29, 0.717) is 11.3 Å². The van der Waals surface area contributed by atoms with E-state index < -0.39 is 30.2 Å².